The van der Waals surface area contributed by atoms with Gasteiger partial charge in [-0.3, -0.25) is 0 Å². The van der Waals surface area contributed by atoms with Gasteiger partial charge in [0.2, 0.25) is 0 Å². The topological polar surface area (TPSA) is 58.5 Å². The summed E-state index contributed by atoms with van der Waals surface area (Å²) in [5, 5.41) is 4.02. The fourth-order valence-electron chi connectivity index (χ4n) is 2.16. The first-order valence-corrected chi connectivity index (χ1v) is 9.13. The molecule has 0 amide bonds. The highest BCUT2D eigenvalue weighted by atomic mass is 32.2. The number of nitrogens with zero attached hydrogens (tertiary/aromatic N) is 1. The van der Waals surface area contributed by atoms with Gasteiger partial charge in [0.15, 0.2) is 0 Å². The van der Waals surface area contributed by atoms with E-state index in [0.29, 0.717) is 5.71 Å². The summed E-state index contributed by atoms with van der Waals surface area (Å²) in [7, 11) is -3.63. The van der Waals surface area contributed by atoms with Crippen molar-refractivity contribution in [3.05, 3.63) is 65.2 Å². The van der Waals surface area contributed by atoms with Crippen LogP contribution in [0.15, 0.2) is 58.5 Å². The van der Waals surface area contributed by atoms with Gasteiger partial charge in [-0.2, -0.15) is 18.4 Å². The maximum atomic E-state index is 12.2. The van der Waals surface area contributed by atoms with Gasteiger partial charge in [0, 0.05) is 0 Å². The molecule has 0 saturated heterocycles. The molecular weight excluding hydrogens is 308 g/mol. The minimum atomic E-state index is -3.63. The third kappa shape index (κ3) is 4.66. The summed E-state index contributed by atoms with van der Waals surface area (Å²) in [4.78, 5) is 2.50. The molecule has 0 radical (unpaired) electrons. The Morgan fingerprint density at radius 2 is 1.65 bits per heavy atom. The first-order valence-electron chi connectivity index (χ1n) is 7.64. The lowest BCUT2D eigenvalue weighted by Crippen LogP contribution is -2.19. The van der Waals surface area contributed by atoms with Crippen molar-refractivity contribution in [2.45, 2.75) is 38.5 Å². The highest BCUT2D eigenvalue weighted by Crippen LogP contribution is 2.11. The van der Waals surface area contributed by atoms with E-state index in [2.05, 4.69) is 16.9 Å². The number of rotatable bonds is 6. The van der Waals surface area contributed by atoms with E-state index in [9.17, 15) is 8.42 Å². The lowest BCUT2D eigenvalue weighted by atomic mass is 10.1. The van der Waals surface area contributed by atoms with Crippen LogP contribution in [0.4, 0.5) is 0 Å². The van der Waals surface area contributed by atoms with Crippen LogP contribution in [0.2, 0.25) is 0 Å². The predicted molar refractivity (Wildman–Crippen MR) is 94.1 cm³/mol. The lowest BCUT2D eigenvalue weighted by molar-refractivity contribution is 0.584. The summed E-state index contributed by atoms with van der Waals surface area (Å²) in [6.45, 7) is 5.83. The number of hydrogen-bond acceptors (Lipinski definition) is 3. The third-order valence-corrected chi connectivity index (χ3v) is 4.80. The molecule has 2 aromatic rings. The van der Waals surface area contributed by atoms with Crippen molar-refractivity contribution in [3.63, 3.8) is 0 Å². The third-order valence-electron chi connectivity index (χ3n) is 3.58. The molecule has 0 aromatic heterocycles. The zero-order chi connectivity index (χ0) is 16.9. The van der Waals surface area contributed by atoms with Gasteiger partial charge in [0.25, 0.3) is 10.0 Å². The van der Waals surface area contributed by atoms with E-state index in [1.807, 2.05) is 31.2 Å². The molecule has 0 aliphatic rings. The summed E-state index contributed by atoms with van der Waals surface area (Å²) in [5.74, 6) is 0. The molecule has 0 aliphatic carbocycles. The van der Waals surface area contributed by atoms with Gasteiger partial charge in [0.1, 0.15) is 0 Å². The van der Waals surface area contributed by atoms with E-state index in [1.165, 1.54) is 5.56 Å². The highest BCUT2D eigenvalue weighted by Gasteiger charge is 2.12. The number of hydrogen-bond donors (Lipinski definition) is 1. The predicted octanol–water partition coefficient (Wildman–Crippen LogP) is 3.65. The Hall–Kier alpha value is -2.14. The Morgan fingerprint density at radius 1 is 1.04 bits per heavy atom. The molecule has 1 N–H and O–H groups in total. The molecule has 4 nitrogen and oxygen atoms in total. The molecule has 2 aromatic carbocycles. The van der Waals surface area contributed by atoms with Gasteiger partial charge in [0.05, 0.1) is 10.6 Å². The maximum Gasteiger partial charge on any atom is 0.276 e. The fourth-order valence-corrected chi connectivity index (χ4v) is 3.02. The largest absolute Gasteiger partial charge is 0.276 e. The molecule has 122 valence electrons. The summed E-state index contributed by atoms with van der Waals surface area (Å²) in [6.07, 6.45) is 2.14. The Morgan fingerprint density at radius 3 is 2.22 bits per heavy atom. The SMILES string of the molecule is CCCc1ccc(C(C)=NNS(=O)(=O)c2ccc(C)cc2)cc1. The van der Waals surface area contributed by atoms with Crippen molar-refractivity contribution < 1.29 is 8.42 Å². The molecule has 0 spiro atoms. The number of hydrazone groups is 1. The summed E-state index contributed by atoms with van der Waals surface area (Å²) in [5.41, 5.74) is 3.81. The van der Waals surface area contributed by atoms with Gasteiger partial charge in [-0.05, 0) is 43.5 Å². The van der Waals surface area contributed by atoms with Crippen LogP contribution in [0.1, 0.15) is 37.0 Å². The minimum Gasteiger partial charge on any atom is -0.200 e. The van der Waals surface area contributed by atoms with Gasteiger partial charge in [-0.25, -0.2) is 0 Å². The van der Waals surface area contributed by atoms with Crippen LogP contribution in [0, 0.1) is 6.92 Å². The lowest BCUT2D eigenvalue weighted by Gasteiger charge is -2.06. The first-order chi connectivity index (χ1) is 10.9. The number of benzene rings is 2. The zero-order valence-corrected chi connectivity index (χ0v) is 14.5. The van der Waals surface area contributed by atoms with Crippen LogP contribution >= 0.6 is 0 Å². The van der Waals surface area contributed by atoms with Crippen molar-refractivity contribution in [1.29, 1.82) is 0 Å². The van der Waals surface area contributed by atoms with E-state index in [0.717, 1.165) is 24.0 Å². The van der Waals surface area contributed by atoms with Crippen LogP contribution in [0.5, 0.6) is 0 Å². The molecule has 5 heteroatoms. The van der Waals surface area contributed by atoms with Gasteiger partial charge in [-0.15, -0.1) is 0 Å². The molecule has 0 bridgehead atoms. The second-order valence-electron chi connectivity index (χ2n) is 5.55. The van der Waals surface area contributed by atoms with Gasteiger partial charge >= 0.3 is 0 Å². The number of aryl methyl sites for hydroxylation is 2. The quantitative estimate of drug-likeness (QED) is 0.649. The zero-order valence-electron chi connectivity index (χ0n) is 13.7. The van der Waals surface area contributed by atoms with Crippen molar-refractivity contribution in [2.75, 3.05) is 0 Å². The van der Waals surface area contributed by atoms with Crippen molar-refractivity contribution >= 4 is 15.7 Å². The Kier molecular flexibility index (Phi) is 5.55. The van der Waals surface area contributed by atoms with E-state index < -0.39 is 10.0 Å². The summed E-state index contributed by atoms with van der Waals surface area (Å²) >= 11 is 0. The minimum absolute atomic E-state index is 0.206. The van der Waals surface area contributed by atoms with E-state index in [-0.39, 0.29) is 4.90 Å². The van der Waals surface area contributed by atoms with Gasteiger partial charge < -0.3 is 0 Å². The second kappa shape index (κ2) is 7.42. The highest BCUT2D eigenvalue weighted by molar-refractivity contribution is 7.89. The Bertz CT molecular complexity index is 777. The van der Waals surface area contributed by atoms with Gasteiger partial charge in [-0.1, -0.05) is 55.3 Å². The molecule has 0 heterocycles. The fraction of sp³-hybridized carbons (Fsp3) is 0.278. The molecule has 0 atom stereocenters. The molecular formula is C18H22N2O2S. The van der Waals surface area contributed by atoms with Crippen LogP contribution < -0.4 is 4.83 Å². The monoisotopic (exact) mass is 330 g/mol. The number of sulfonamides is 1. The van der Waals surface area contributed by atoms with E-state index >= 15 is 0 Å². The molecule has 0 unspecified atom stereocenters. The molecule has 23 heavy (non-hydrogen) atoms. The van der Waals surface area contributed by atoms with Crippen molar-refractivity contribution in [2.24, 2.45) is 5.10 Å². The van der Waals surface area contributed by atoms with Crippen molar-refractivity contribution in [1.82, 2.24) is 4.83 Å². The van der Waals surface area contributed by atoms with E-state index in [1.54, 1.807) is 31.2 Å². The standard InChI is InChI=1S/C18H22N2O2S/c1-4-5-16-8-10-17(11-9-16)15(3)19-20-23(21,22)18-12-6-14(2)7-13-18/h6-13,20H,4-5H2,1-3H3. The van der Waals surface area contributed by atoms with Crippen LogP contribution in [-0.4, -0.2) is 14.1 Å². The Labute approximate surface area is 138 Å². The first kappa shape index (κ1) is 17.2. The normalized spacial score (nSPS) is 12.2. The second-order valence-corrected chi connectivity index (χ2v) is 7.21. The average Bonchev–Trinajstić information content (AvgIpc) is 2.54. The Balaban J connectivity index is 2.13. The van der Waals surface area contributed by atoms with E-state index in [4.69, 9.17) is 0 Å². The maximum absolute atomic E-state index is 12.2. The average molecular weight is 330 g/mol. The summed E-state index contributed by atoms with van der Waals surface area (Å²) < 4.78 is 24.4. The molecule has 0 saturated carbocycles. The molecule has 2 rings (SSSR count). The van der Waals surface area contributed by atoms with Crippen LogP contribution in [0.25, 0.3) is 0 Å². The smallest absolute Gasteiger partial charge is 0.200 e. The van der Waals surface area contributed by atoms with Crippen LogP contribution in [0.3, 0.4) is 0 Å². The van der Waals surface area contributed by atoms with Crippen molar-refractivity contribution in [3.8, 4) is 0 Å². The molecule has 0 aliphatic heterocycles. The molecule has 0 fully saturated rings. The van der Waals surface area contributed by atoms with Crippen LogP contribution in [-0.2, 0) is 16.4 Å². The summed E-state index contributed by atoms with van der Waals surface area (Å²) in [6, 6.07) is 14.7. The number of nitrogens with one attached hydrogen (secondary N) is 1.